The Bertz CT molecular complexity index is 491. The fraction of sp³-hybridized carbons (Fsp3) is 0.941. The molecule has 0 rings (SSSR count). The smallest absolute Gasteiger partial charge is 0.407 e. The zero-order valence-electron chi connectivity index (χ0n) is 17.5. The van der Waals surface area contributed by atoms with Crippen LogP contribution in [0.3, 0.4) is 0 Å². The number of hydrogen-bond acceptors (Lipinski definition) is 4. The number of nitrogens with zero attached hydrogens (tertiary/aromatic N) is 3. The Hall–Kier alpha value is -1.24. The van der Waals surface area contributed by atoms with Crippen LogP contribution in [0.4, 0.5) is 4.79 Å². The van der Waals surface area contributed by atoms with Crippen molar-refractivity contribution in [3.63, 3.8) is 0 Å². The molecule has 1 amide bonds. The second-order valence-electron chi connectivity index (χ2n) is 9.17. The number of rotatable bonds is 7. The number of azide groups is 1. The highest BCUT2D eigenvalue weighted by Crippen LogP contribution is 2.38. The molecule has 0 saturated carbocycles. The van der Waals surface area contributed by atoms with Crippen LogP contribution in [-0.4, -0.2) is 38.7 Å². The van der Waals surface area contributed by atoms with Gasteiger partial charge in [0.25, 0.3) is 0 Å². The van der Waals surface area contributed by atoms with Crippen molar-refractivity contribution >= 4 is 14.4 Å². The van der Waals surface area contributed by atoms with Crippen molar-refractivity contribution in [2.24, 2.45) is 11.0 Å². The van der Waals surface area contributed by atoms with Crippen LogP contribution in [0, 0.1) is 5.92 Å². The van der Waals surface area contributed by atoms with Gasteiger partial charge in [-0.05, 0) is 57.3 Å². The third-order valence-corrected chi connectivity index (χ3v) is 8.94. The van der Waals surface area contributed by atoms with E-state index in [1.807, 2.05) is 34.6 Å². The third kappa shape index (κ3) is 8.60. The Kier molecular flexibility index (Phi) is 8.47. The predicted molar refractivity (Wildman–Crippen MR) is 104 cm³/mol. The predicted octanol–water partition coefficient (Wildman–Crippen LogP) is 5.24. The lowest BCUT2D eigenvalue weighted by Crippen LogP contribution is -2.53. The summed E-state index contributed by atoms with van der Waals surface area (Å²) in [4.78, 5) is 15.0. The van der Waals surface area contributed by atoms with Crippen LogP contribution < -0.4 is 5.32 Å². The molecule has 0 unspecified atom stereocenters. The molecule has 0 aromatic carbocycles. The minimum Gasteiger partial charge on any atom is -0.444 e. The number of carbonyl (C=O) groups excluding carboxylic acids is 1. The number of carbonyl (C=O) groups is 1. The number of hydrogen-bond donors (Lipinski definition) is 1. The number of alkyl carbamates (subject to hydrolysis) is 1. The fourth-order valence-electron chi connectivity index (χ4n) is 2.07. The first-order valence-corrected chi connectivity index (χ1v) is 11.7. The minimum atomic E-state index is -2.06. The molecule has 0 heterocycles. The van der Waals surface area contributed by atoms with Gasteiger partial charge in [-0.2, -0.15) is 0 Å². The van der Waals surface area contributed by atoms with Gasteiger partial charge < -0.3 is 14.5 Å². The van der Waals surface area contributed by atoms with Gasteiger partial charge >= 0.3 is 6.09 Å². The van der Waals surface area contributed by atoms with Gasteiger partial charge in [0.15, 0.2) is 8.32 Å². The Morgan fingerprint density at radius 1 is 1.20 bits per heavy atom. The average molecular weight is 373 g/mol. The number of ether oxygens (including phenoxy) is 1. The van der Waals surface area contributed by atoms with E-state index in [1.165, 1.54) is 0 Å². The molecule has 3 atom stereocenters. The maximum absolute atomic E-state index is 12.1. The zero-order chi connectivity index (χ0) is 20.1. The SMILES string of the molecule is C[C@@H](CN=[N+]=[N-])[C@@H](O[Si](C)(C)C(C)(C)C)[C@@H](C)NC(=O)OC(C)(C)C. The Morgan fingerprint density at radius 3 is 2.12 bits per heavy atom. The first-order chi connectivity index (χ1) is 11.1. The van der Waals surface area contributed by atoms with Crippen LogP contribution >= 0.6 is 0 Å². The van der Waals surface area contributed by atoms with E-state index in [-0.39, 0.29) is 23.1 Å². The van der Waals surface area contributed by atoms with Gasteiger partial charge in [-0.3, -0.25) is 0 Å². The van der Waals surface area contributed by atoms with Crippen LogP contribution in [0.2, 0.25) is 18.1 Å². The molecule has 0 saturated heterocycles. The van der Waals surface area contributed by atoms with Gasteiger partial charge in [0.1, 0.15) is 5.60 Å². The quantitative estimate of drug-likeness (QED) is 0.286. The summed E-state index contributed by atoms with van der Waals surface area (Å²) < 4.78 is 11.9. The maximum Gasteiger partial charge on any atom is 0.407 e. The maximum atomic E-state index is 12.1. The van der Waals surface area contributed by atoms with Crippen molar-refractivity contribution in [3.8, 4) is 0 Å². The topological polar surface area (TPSA) is 96.3 Å². The van der Waals surface area contributed by atoms with Crippen molar-refractivity contribution in [1.82, 2.24) is 5.32 Å². The van der Waals surface area contributed by atoms with E-state index in [2.05, 4.69) is 49.2 Å². The molecular formula is C17H36N4O3Si. The first-order valence-electron chi connectivity index (χ1n) is 8.79. The van der Waals surface area contributed by atoms with Gasteiger partial charge in [0.2, 0.25) is 0 Å². The molecule has 0 aliphatic carbocycles. The summed E-state index contributed by atoms with van der Waals surface area (Å²) in [6, 6.07) is -0.270. The summed E-state index contributed by atoms with van der Waals surface area (Å²) in [5, 5.41) is 6.58. The molecule has 0 aliphatic rings. The number of amides is 1. The monoisotopic (exact) mass is 372 g/mol. The molecule has 0 fully saturated rings. The van der Waals surface area contributed by atoms with E-state index in [9.17, 15) is 4.79 Å². The molecule has 1 N–H and O–H groups in total. The molecule has 0 aliphatic heterocycles. The molecular weight excluding hydrogens is 336 g/mol. The van der Waals surface area contributed by atoms with Crippen molar-refractivity contribution < 1.29 is 14.0 Å². The third-order valence-electron chi connectivity index (χ3n) is 4.47. The van der Waals surface area contributed by atoms with Gasteiger partial charge in [0, 0.05) is 11.5 Å². The van der Waals surface area contributed by atoms with Crippen LogP contribution in [0.1, 0.15) is 55.4 Å². The van der Waals surface area contributed by atoms with E-state index < -0.39 is 20.0 Å². The second-order valence-corrected chi connectivity index (χ2v) is 13.9. The summed E-state index contributed by atoms with van der Waals surface area (Å²) in [6.07, 6.45) is -0.737. The van der Waals surface area contributed by atoms with Gasteiger partial charge in [-0.1, -0.05) is 32.8 Å². The van der Waals surface area contributed by atoms with Crippen molar-refractivity contribution in [1.29, 1.82) is 0 Å². The summed E-state index contributed by atoms with van der Waals surface area (Å²) in [7, 11) is -2.06. The molecule has 0 aromatic heterocycles. The van der Waals surface area contributed by atoms with Crippen molar-refractivity contribution in [2.75, 3.05) is 6.54 Å². The van der Waals surface area contributed by atoms with E-state index >= 15 is 0 Å². The average Bonchev–Trinajstić information content (AvgIpc) is 2.38. The fourth-order valence-corrected chi connectivity index (χ4v) is 3.54. The molecule has 25 heavy (non-hydrogen) atoms. The van der Waals surface area contributed by atoms with Gasteiger partial charge in [0.05, 0.1) is 12.1 Å². The lowest BCUT2D eigenvalue weighted by Gasteiger charge is -2.42. The highest BCUT2D eigenvalue weighted by molar-refractivity contribution is 6.74. The molecule has 0 radical (unpaired) electrons. The molecule has 0 bridgehead atoms. The number of nitrogens with one attached hydrogen (secondary N) is 1. The first kappa shape index (κ1) is 23.8. The van der Waals surface area contributed by atoms with Crippen LogP contribution in [0.5, 0.6) is 0 Å². The summed E-state index contributed by atoms with van der Waals surface area (Å²) >= 11 is 0. The normalized spacial score (nSPS) is 16.4. The standard InChI is InChI=1S/C17H36N4O3Si/c1-12(11-19-21-18)14(24-25(9,10)17(6,7)8)13(2)20-15(22)23-16(3,4)5/h12-14H,11H2,1-10H3,(H,20,22)/t12-,13+,14+/m0/s1. The summed E-state index contributed by atoms with van der Waals surface area (Å²) in [5.41, 5.74) is 8.05. The lowest BCUT2D eigenvalue weighted by atomic mass is 9.99. The lowest BCUT2D eigenvalue weighted by molar-refractivity contribution is 0.0395. The molecule has 7 nitrogen and oxygen atoms in total. The van der Waals surface area contributed by atoms with Crippen LogP contribution in [0.25, 0.3) is 10.4 Å². The Morgan fingerprint density at radius 2 is 1.72 bits per heavy atom. The molecule has 8 heteroatoms. The summed E-state index contributed by atoms with van der Waals surface area (Å²) in [6.45, 7) is 20.5. The largest absolute Gasteiger partial charge is 0.444 e. The van der Waals surface area contributed by atoms with E-state index in [4.69, 9.17) is 14.7 Å². The Balaban J connectivity index is 5.30. The Labute approximate surface area is 153 Å². The highest BCUT2D eigenvalue weighted by atomic mass is 28.4. The van der Waals surface area contributed by atoms with Crippen molar-refractivity contribution in [2.45, 2.75) is 91.3 Å². The molecule has 146 valence electrons. The second kappa shape index (κ2) is 8.92. The molecule has 0 spiro atoms. The zero-order valence-corrected chi connectivity index (χ0v) is 18.5. The van der Waals surface area contributed by atoms with Crippen molar-refractivity contribution in [3.05, 3.63) is 10.4 Å². The van der Waals surface area contributed by atoms with E-state index in [0.29, 0.717) is 6.54 Å². The molecule has 0 aromatic rings. The van der Waals surface area contributed by atoms with Gasteiger partial charge in [-0.25, -0.2) is 4.79 Å². The minimum absolute atomic E-state index is 0.0324. The van der Waals surface area contributed by atoms with E-state index in [0.717, 1.165) is 0 Å². The van der Waals surface area contributed by atoms with Crippen LogP contribution in [0.15, 0.2) is 5.11 Å². The van der Waals surface area contributed by atoms with Gasteiger partial charge in [-0.15, -0.1) is 0 Å². The highest BCUT2D eigenvalue weighted by Gasteiger charge is 2.41. The van der Waals surface area contributed by atoms with E-state index in [1.54, 1.807) is 0 Å². The van der Waals surface area contributed by atoms with Crippen LogP contribution in [-0.2, 0) is 9.16 Å². The summed E-state index contributed by atoms with van der Waals surface area (Å²) in [5.74, 6) is -0.0324.